The molecule has 0 N–H and O–H groups in total. The summed E-state index contributed by atoms with van der Waals surface area (Å²) in [4.78, 5) is 0. The van der Waals surface area contributed by atoms with Crippen LogP contribution in [0.3, 0.4) is 0 Å². The maximum absolute atomic E-state index is 9.04. The maximum atomic E-state index is 9.04. The Bertz CT molecular complexity index is 755. The van der Waals surface area contributed by atoms with Gasteiger partial charge in [-0.05, 0) is 36.4 Å². The lowest BCUT2D eigenvalue weighted by molar-refractivity contribution is 0.409. The van der Waals surface area contributed by atoms with Crippen LogP contribution in [0.5, 0.6) is 0 Å². The zero-order chi connectivity index (χ0) is 14.7. The zero-order valence-corrected chi connectivity index (χ0v) is 10.7. The molecule has 2 aromatic heterocycles. The van der Waals surface area contributed by atoms with E-state index in [4.69, 9.17) is 24.1 Å². The van der Waals surface area contributed by atoms with Gasteiger partial charge in [0.1, 0.15) is 17.7 Å². The average molecular weight is 276 g/mol. The van der Waals surface area contributed by atoms with Crippen LogP contribution in [-0.4, -0.2) is 0 Å². The smallest absolute Gasteiger partial charge is 0.170 e. The third-order valence-electron chi connectivity index (χ3n) is 2.83. The molecule has 0 saturated heterocycles. The predicted molar refractivity (Wildman–Crippen MR) is 72.7 cm³/mol. The van der Waals surface area contributed by atoms with Gasteiger partial charge < -0.3 is 13.6 Å². The Morgan fingerprint density at radius 2 is 1.38 bits per heavy atom. The van der Waals surface area contributed by atoms with Gasteiger partial charge in [-0.3, -0.25) is 0 Å². The monoisotopic (exact) mass is 276 g/mol. The Hall–Kier alpha value is -3.44. The Morgan fingerprint density at radius 1 is 0.857 bits per heavy atom. The first-order valence-electron chi connectivity index (χ1n) is 6.05. The van der Waals surface area contributed by atoms with E-state index < -0.39 is 0 Å². The Labute approximate surface area is 120 Å². The predicted octanol–water partition coefficient (Wildman–Crippen LogP) is 3.63. The topological polar surface area (TPSA) is 83.1 Å². The summed E-state index contributed by atoms with van der Waals surface area (Å²) >= 11 is 0. The first-order chi connectivity index (χ1) is 10.3. The van der Waals surface area contributed by atoms with Crippen molar-refractivity contribution in [1.82, 2.24) is 0 Å². The van der Waals surface area contributed by atoms with Crippen LogP contribution in [0.2, 0.25) is 0 Å². The number of rotatable bonds is 2. The molecule has 0 spiro atoms. The van der Waals surface area contributed by atoms with Crippen molar-refractivity contribution < 1.29 is 13.6 Å². The molecule has 3 heterocycles. The molecular weight excluding hydrogens is 268 g/mol. The minimum Gasteiger partial charge on any atom is -0.461 e. The lowest BCUT2D eigenvalue weighted by Gasteiger charge is -2.15. The number of ether oxygens (including phenoxy) is 1. The molecular formula is C16H8N2O3. The Morgan fingerprint density at radius 3 is 1.76 bits per heavy atom. The number of furan rings is 2. The minimum atomic E-state index is -0.00795. The summed E-state index contributed by atoms with van der Waals surface area (Å²) < 4.78 is 16.3. The molecule has 3 rings (SSSR count). The lowest BCUT2D eigenvalue weighted by Crippen LogP contribution is -1.99. The molecule has 0 saturated carbocycles. The van der Waals surface area contributed by atoms with Crippen LogP contribution in [0, 0.1) is 22.7 Å². The van der Waals surface area contributed by atoms with Crippen molar-refractivity contribution in [3.8, 4) is 12.1 Å². The molecule has 0 atom stereocenters. The normalized spacial score (nSPS) is 13.5. The summed E-state index contributed by atoms with van der Waals surface area (Å²) in [6, 6.07) is 10.6. The van der Waals surface area contributed by atoms with E-state index in [2.05, 4.69) is 0 Å². The molecule has 0 radical (unpaired) electrons. The molecule has 5 heteroatoms. The Balaban J connectivity index is 2.12. The molecule has 0 bridgehead atoms. The van der Waals surface area contributed by atoms with Gasteiger partial charge in [-0.2, -0.15) is 10.5 Å². The quantitative estimate of drug-likeness (QED) is 0.782. The molecule has 100 valence electrons. The molecule has 2 aromatic rings. The van der Waals surface area contributed by atoms with Crippen molar-refractivity contribution >= 4 is 11.5 Å². The highest BCUT2D eigenvalue weighted by Crippen LogP contribution is 2.33. The molecule has 1 aliphatic rings. The van der Waals surface area contributed by atoms with E-state index in [-0.39, 0.29) is 5.57 Å². The van der Waals surface area contributed by atoms with Crippen LogP contribution in [-0.2, 0) is 4.74 Å². The molecule has 0 aromatic carbocycles. The van der Waals surface area contributed by atoms with E-state index in [1.165, 1.54) is 12.5 Å². The second kappa shape index (κ2) is 5.28. The van der Waals surface area contributed by atoms with Gasteiger partial charge in [0.25, 0.3) is 0 Å². The van der Waals surface area contributed by atoms with Crippen molar-refractivity contribution in [1.29, 1.82) is 10.5 Å². The second-order valence-corrected chi connectivity index (χ2v) is 4.13. The fourth-order valence-corrected chi connectivity index (χ4v) is 1.88. The van der Waals surface area contributed by atoms with Crippen molar-refractivity contribution in [2.45, 2.75) is 0 Å². The van der Waals surface area contributed by atoms with Gasteiger partial charge in [0.05, 0.1) is 12.5 Å². The lowest BCUT2D eigenvalue weighted by atomic mass is 10.1. The van der Waals surface area contributed by atoms with Crippen LogP contribution in [0.15, 0.2) is 68.9 Å². The molecule has 21 heavy (non-hydrogen) atoms. The third kappa shape index (κ3) is 2.36. The van der Waals surface area contributed by atoms with Crippen LogP contribution >= 0.6 is 0 Å². The number of nitriles is 2. The summed E-state index contributed by atoms with van der Waals surface area (Å²) in [5.41, 5.74) is 0.440. The van der Waals surface area contributed by atoms with Crippen molar-refractivity contribution in [3.63, 3.8) is 0 Å². The van der Waals surface area contributed by atoms with Gasteiger partial charge in [-0.15, -0.1) is 0 Å². The van der Waals surface area contributed by atoms with Crippen LogP contribution < -0.4 is 0 Å². The van der Waals surface area contributed by atoms with Gasteiger partial charge >= 0.3 is 0 Å². The molecule has 0 fully saturated rings. The fraction of sp³-hybridized carbons (Fsp3) is 0. The van der Waals surface area contributed by atoms with Gasteiger partial charge in [-0.25, -0.2) is 0 Å². The highest BCUT2D eigenvalue weighted by Gasteiger charge is 2.20. The fourth-order valence-electron chi connectivity index (χ4n) is 1.88. The largest absolute Gasteiger partial charge is 0.461 e. The van der Waals surface area contributed by atoms with Crippen molar-refractivity contribution in [2.75, 3.05) is 0 Å². The maximum Gasteiger partial charge on any atom is 0.170 e. The molecule has 0 unspecified atom stereocenters. The van der Waals surface area contributed by atoms with Gasteiger partial charge in [-0.1, -0.05) is 0 Å². The standard InChI is InChI=1S/C16H8N2O3/c17-9-12(10-18)11-7-15(13-3-1-5-19-13)21-16(8-11)14-4-2-6-20-14/h1-8H. The summed E-state index contributed by atoms with van der Waals surface area (Å²) in [7, 11) is 0. The molecule has 1 aliphatic heterocycles. The van der Waals surface area contributed by atoms with E-state index >= 15 is 0 Å². The Kier molecular flexibility index (Phi) is 3.16. The zero-order valence-electron chi connectivity index (χ0n) is 10.7. The number of nitrogens with zero attached hydrogens (tertiary/aromatic N) is 2. The molecule has 0 amide bonds. The second-order valence-electron chi connectivity index (χ2n) is 4.13. The van der Waals surface area contributed by atoms with E-state index in [9.17, 15) is 0 Å². The van der Waals surface area contributed by atoms with Crippen molar-refractivity contribution in [2.24, 2.45) is 0 Å². The van der Waals surface area contributed by atoms with Gasteiger partial charge in [0.2, 0.25) is 0 Å². The summed E-state index contributed by atoms with van der Waals surface area (Å²) in [6.45, 7) is 0. The number of hydrogen-bond donors (Lipinski definition) is 0. The van der Waals surface area contributed by atoms with E-state index in [0.29, 0.717) is 28.6 Å². The number of hydrogen-bond acceptors (Lipinski definition) is 5. The van der Waals surface area contributed by atoms with Crippen LogP contribution in [0.25, 0.3) is 11.5 Å². The number of allylic oxidation sites excluding steroid dienone is 4. The van der Waals surface area contributed by atoms with Crippen LogP contribution in [0.1, 0.15) is 11.5 Å². The van der Waals surface area contributed by atoms with E-state index in [0.717, 1.165) is 0 Å². The minimum absolute atomic E-state index is 0.00795. The first kappa shape index (κ1) is 12.6. The highest BCUT2D eigenvalue weighted by molar-refractivity contribution is 5.76. The van der Waals surface area contributed by atoms with Crippen LogP contribution in [0.4, 0.5) is 0 Å². The molecule has 0 aliphatic carbocycles. The summed E-state index contributed by atoms with van der Waals surface area (Å²) in [5.74, 6) is 1.82. The van der Waals surface area contributed by atoms with Crippen molar-refractivity contribution in [3.05, 3.63) is 71.6 Å². The SMILES string of the molecule is N#CC(C#N)=C1C=C(c2ccco2)OC(c2ccco2)=C1. The van der Waals surface area contributed by atoms with Gasteiger partial charge in [0, 0.05) is 5.57 Å². The van der Waals surface area contributed by atoms with E-state index in [1.54, 1.807) is 36.4 Å². The average Bonchev–Trinajstić information content (AvgIpc) is 3.22. The third-order valence-corrected chi connectivity index (χ3v) is 2.83. The summed E-state index contributed by atoms with van der Waals surface area (Å²) in [6.07, 6.45) is 6.21. The van der Waals surface area contributed by atoms with E-state index in [1.807, 2.05) is 12.1 Å². The summed E-state index contributed by atoms with van der Waals surface area (Å²) in [5, 5.41) is 18.1. The highest BCUT2D eigenvalue weighted by atomic mass is 16.5. The van der Waals surface area contributed by atoms with Gasteiger partial charge in [0.15, 0.2) is 23.0 Å². The first-order valence-corrected chi connectivity index (χ1v) is 6.05. The molecule has 5 nitrogen and oxygen atoms in total.